The SMILES string of the molecule is Cc1cc(NC(=O)c2c[nH]c(=O)cn2)cc(C)c1Br. The molecule has 5 nitrogen and oxygen atoms in total. The molecule has 19 heavy (non-hydrogen) atoms. The smallest absolute Gasteiger partial charge is 0.275 e. The lowest BCUT2D eigenvalue weighted by Gasteiger charge is -2.09. The largest absolute Gasteiger partial charge is 0.325 e. The van der Waals surface area contributed by atoms with Crippen molar-refractivity contribution in [2.75, 3.05) is 5.32 Å². The molecule has 2 rings (SSSR count). The molecule has 2 N–H and O–H groups in total. The van der Waals surface area contributed by atoms with Crippen LogP contribution in [0.15, 0.2) is 33.8 Å². The van der Waals surface area contributed by atoms with Crippen LogP contribution >= 0.6 is 15.9 Å². The predicted octanol–water partition coefficient (Wildman–Crippen LogP) is 2.40. The van der Waals surface area contributed by atoms with Crippen molar-refractivity contribution in [2.45, 2.75) is 13.8 Å². The number of benzene rings is 1. The fourth-order valence-corrected chi connectivity index (χ4v) is 1.91. The third-order valence-electron chi connectivity index (χ3n) is 2.60. The second-order valence-electron chi connectivity index (χ2n) is 4.17. The number of anilines is 1. The van der Waals surface area contributed by atoms with Gasteiger partial charge in [0.15, 0.2) is 0 Å². The van der Waals surface area contributed by atoms with Crippen LogP contribution in [0.1, 0.15) is 21.6 Å². The summed E-state index contributed by atoms with van der Waals surface area (Å²) in [5.74, 6) is -0.364. The van der Waals surface area contributed by atoms with Gasteiger partial charge in [0.2, 0.25) is 0 Å². The normalized spacial score (nSPS) is 10.3. The number of hydrogen-bond donors (Lipinski definition) is 2. The van der Waals surface area contributed by atoms with Gasteiger partial charge in [0.1, 0.15) is 5.69 Å². The van der Waals surface area contributed by atoms with Crippen LogP contribution in [0.4, 0.5) is 5.69 Å². The first-order valence-corrected chi connectivity index (χ1v) is 6.39. The summed E-state index contributed by atoms with van der Waals surface area (Å²) in [4.78, 5) is 29.0. The molecule has 1 amide bonds. The first-order valence-electron chi connectivity index (χ1n) is 5.60. The van der Waals surface area contributed by atoms with Gasteiger partial charge in [-0.3, -0.25) is 9.59 Å². The lowest BCUT2D eigenvalue weighted by atomic mass is 10.1. The minimum absolute atomic E-state index is 0.165. The zero-order valence-corrected chi connectivity index (χ0v) is 12.0. The Labute approximate surface area is 118 Å². The van der Waals surface area contributed by atoms with E-state index < -0.39 is 0 Å². The van der Waals surface area contributed by atoms with Crippen LogP contribution in [0.5, 0.6) is 0 Å². The Morgan fingerprint density at radius 1 is 1.32 bits per heavy atom. The summed E-state index contributed by atoms with van der Waals surface area (Å²) in [6, 6.07) is 3.72. The molecule has 98 valence electrons. The number of H-pyrrole nitrogens is 1. The van der Waals surface area contributed by atoms with Crippen LogP contribution in [0.25, 0.3) is 0 Å². The van der Waals surface area contributed by atoms with Crippen LogP contribution < -0.4 is 10.9 Å². The molecular weight excluding hydrogens is 310 g/mol. The number of aromatic nitrogens is 2. The summed E-state index contributed by atoms with van der Waals surface area (Å²) < 4.78 is 1.02. The number of aromatic amines is 1. The number of nitrogens with zero attached hydrogens (tertiary/aromatic N) is 1. The molecule has 0 aliphatic heterocycles. The maximum atomic E-state index is 11.9. The first-order chi connectivity index (χ1) is 8.97. The molecule has 0 bridgehead atoms. The average Bonchev–Trinajstić information content (AvgIpc) is 2.36. The summed E-state index contributed by atoms with van der Waals surface area (Å²) in [6.07, 6.45) is 2.36. The Morgan fingerprint density at radius 2 is 1.95 bits per heavy atom. The van der Waals surface area contributed by atoms with E-state index in [1.165, 1.54) is 6.20 Å². The molecule has 0 fully saturated rings. The zero-order valence-electron chi connectivity index (χ0n) is 10.5. The van der Waals surface area contributed by atoms with Gasteiger partial charge in [0, 0.05) is 16.4 Å². The van der Waals surface area contributed by atoms with Gasteiger partial charge in [0.05, 0.1) is 6.20 Å². The Bertz CT molecular complexity index is 651. The van der Waals surface area contributed by atoms with E-state index in [1.54, 1.807) is 0 Å². The van der Waals surface area contributed by atoms with Gasteiger partial charge in [-0.15, -0.1) is 0 Å². The van der Waals surface area contributed by atoms with Crippen LogP contribution in [0, 0.1) is 13.8 Å². The van der Waals surface area contributed by atoms with Crippen molar-refractivity contribution in [3.05, 3.63) is 56.2 Å². The number of carbonyl (C=O) groups excluding carboxylic acids is 1. The van der Waals surface area contributed by atoms with Crippen molar-refractivity contribution in [1.82, 2.24) is 9.97 Å². The second-order valence-corrected chi connectivity index (χ2v) is 4.97. The maximum Gasteiger partial charge on any atom is 0.275 e. The molecule has 0 atom stereocenters. The summed E-state index contributed by atoms with van der Waals surface area (Å²) in [7, 11) is 0. The second kappa shape index (κ2) is 5.36. The fourth-order valence-electron chi connectivity index (χ4n) is 1.68. The highest BCUT2D eigenvalue weighted by molar-refractivity contribution is 9.10. The number of nitrogens with one attached hydrogen (secondary N) is 2. The standard InChI is InChI=1S/C13H12BrN3O2/c1-7-3-9(4-8(2)12(7)14)17-13(19)10-5-16-11(18)6-15-10/h3-6H,1-2H3,(H,16,18)(H,17,19). The molecular formula is C13H12BrN3O2. The topological polar surface area (TPSA) is 74.8 Å². The lowest BCUT2D eigenvalue weighted by molar-refractivity contribution is 0.102. The van der Waals surface area contributed by atoms with E-state index in [0.717, 1.165) is 21.8 Å². The van der Waals surface area contributed by atoms with Crippen LogP contribution in [-0.2, 0) is 0 Å². The third-order valence-corrected chi connectivity index (χ3v) is 3.85. The number of hydrogen-bond acceptors (Lipinski definition) is 3. The van der Waals surface area contributed by atoms with Crippen molar-refractivity contribution in [1.29, 1.82) is 0 Å². The summed E-state index contributed by atoms with van der Waals surface area (Å²) in [6.45, 7) is 3.90. The molecule has 0 aliphatic carbocycles. The summed E-state index contributed by atoms with van der Waals surface area (Å²) in [5.41, 5.74) is 2.58. The number of aryl methyl sites for hydroxylation is 2. The van der Waals surface area contributed by atoms with Crippen LogP contribution in [0.3, 0.4) is 0 Å². The van der Waals surface area contributed by atoms with Crippen molar-refractivity contribution in [3.63, 3.8) is 0 Å². The van der Waals surface area contributed by atoms with Crippen molar-refractivity contribution < 1.29 is 4.79 Å². The monoisotopic (exact) mass is 321 g/mol. The molecule has 0 radical (unpaired) electrons. The van der Waals surface area contributed by atoms with E-state index in [1.807, 2.05) is 26.0 Å². The summed E-state index contributed by atoms with van der Waals surface area (Å²) >= 11 is 3.47. The molecule has 1 heterocycles. The molecule has 0 spiro atoms. The van der Waals surface area contributed by atoms with Crippen LogP contribution in [-0.4, -0.2) is 15.9 Å². The number of halogens is 1. The van der Waals surface area contributed by atoms with E-state index in [0.29, 0.717) is 5.69 Å². The molecule has 0 aliphatic rings. The lowest BCUT2D eigenvalue weighted by Crippen LogP contribution is -2.17. The van der Waals surface area contributed by atoms with Crippen molar-refractivity contribution in [2.24, 2.45) is 0 Å². The van der Waals surface area contributed by atoms with E-state index in [4.69, 9.17) is 0 Å². The highest BCUT2D eigenvalue weighted by atomic mass is 79.9. The molecule has 2 aromatic rings. The molecule has 6 heteroatoms. The predicted molar refractivity (Wildman–Crippen MR) is 76.4 cm³/mol. The Hall–Kier alpha value is -1.95. The average molecular weight is 322 g/mol. The third kappa shape index (κ3) is 3.08. The van der Waals surface area contributed by atoms with Crippen LogP contribution in [0.2, 0.25) is 0 Å². The van der Waals surface area contributed by atoms with E-state index >= 15 is 0 Å². The number of carbonyl (C=O) groups is 1. The highest BCUT2D eigenvalue weighted by Crippen LogP contribution is 2.25. The number of amides is 1. The highest BCUT2D eigenvalue weighted by Gasteiger charge is 2.09. The minimum Gasteiger partial charge on any atom is -0.325 e. The Balaban J connectivity index is 2.24. The van der Waals surface area contributed by atoms with E-state index in [-0.39, 0.29) is 17.2 Å². The minimum atomic E-state index is -0.364. The van der Waals surface area contributed by atoms with Gasteiger partial charge in [-0.25, -0.2) is 4.98 Å². The van der Waals surface area contributed by atoms with Crippen molar-refractivity contribution in [3.8, 4) is 0 Å². The van der Waals surface area contributed by atoms with Crippen molar-refractivity contribution >= 4 is 27.5 Å². The Kier molecular flexibility index (Phi) is 3.80. The van der Waals surface area contributed by atoms with Gasteiger partial charge in [-0.1, -0.05) is 15.9 Å². The summed E-state index contributed by atoms with van der Waals surface area (Å²) in [5, 5.41) is 2.74. The molecule has 0 saturated heterocycles. The van der Waals surface area contributed by atoms with Gasteiger partial charge in [-0.05, 0) is 37.1 Å². The fraction of sp³-hybridized carbons (Fsp3) is 0.154. The first kappa shape index (κ1) is 13.5. The molecule has 0 unspecified atom stereocenters. The maximum absolute atomic E-state index is 11.9. The van der Waals surface area contributed by atoms with Gasteiger partial charge >= 0.3 is 0 Å². The van der Waals surface area contributed by atoms with Gasteiger partial charge in [0.25, 0.3) is 11.5 Å². The number of rotatable bonds is 2. The Morgan fingerprint density at radius 3 is 2.47 bits per heavy atom. The quantitative estimate of drug-likeness (QED) is 0.891. The zero-order chi connectivity index (χ0) is 14.0. The van der Waals surface area contributed by atoms with Gasteiger partial charge in [-0.2, -0.15) is 0 Å². The molecule has 0 saturated carbocycles. The van der Waals surface area contributed by atoms with E-state index in [2.05, 4.69) is 31.2 Å². The molecule has 1 aromatic carbocycles. The van der Waals surface area contributed by atoms with Gasteiger partial charge < -0.3 is 10.3 Å². The van der Waals surface area contributed by atoms with E-state index in [9.17, 15) is 9.59 Å². The molecule has 1 aromatic heterocycles.